The SMILES string of the molecule is CCn1ncc(O)c1-c1ccc(O)cc1. The lowest BCUT2D eigenvalue weighted by Gasteiger charge is -2.05. The van der Waals surface area contributed by atoms with Crippen LogP contribution in [0.3, 0.4) is 0 Å². The van der Waals surface area contributed by atoms with E-state index in [0.29, 0.717) is 12.2 Å². The van der Waals surface area contributed by atoms with Gasteiger partial charge in [-0.3, -0.25) is 4.68 Å². The summed E-state index contributed by atoms with van der Waals surface area (Å²) in [5.41, 5.74) is 1.52. The first kappa shape index (κ1) is 9.58. The molecule has 0 spiro atoms. The number of phenols is 1. The molecule has 0 radical (unpaired) electrons. The second kappa shape index (κ2) is 3.65. The molecule has 0 atom stereocenters. The molecule has 4 nitrogen and oxygen atoms in total. The molecule has 15 heavy (non-hydrogen) atoms. The summed E-state index contributed by atoms with van der Waals surface area (Å²) in [5.74, 6) is 0.364. The molecule has 2 rings (SSSR count). The van der Waals surface area contributed by atoms with E-state index in [0.717, 1.165) is 5.56 Å². The van der Waals surface area contributed by atoms with Crippen molar-refractivity contribution in [3.05, 3.63) is 30.5 Å². The zero-order valence-corrected chi connectivity index (χ0v) is 8.38. The van der Waals surface area contributed by atoms with E-state index in [1.165, 1.54) is 6.20 Å². The van der Waals surface area contributed by atoms with Crippen molar-refractivity contribution in [1.29, 1.82) is 0 Å². The van der Waals surface area contributed by atoms with Crippen LogP contribution in [-0.4, -0.2) is 20.0 Å². The smallest absolute Gasteiger partial charge is 0.161 e. The minimum Gasteiger partial charge on any atom is -0.508 e. The average molecular weight is 204 g/mol. The third-order valence-corrected chi connectivity index (χ3v) is 2.26. The number of hydrogen-bond acceptors (Lipinski definition) is 3. The van der Waals surface area contributed by atoms with Gasteiger partial charge >= 0.3 is 0 Å². The van der Waals surface area contributed by atoms with Crippen LogP contribution in [0.4, 0.5) is 0 Å². The number of aromatic nitrogens is 2. The molecular formula is C11H12N2O2. The van der Waals surface area contributed by atoms with Gasteiger partial charge in [0.2, 0.25) is 0 Å². The van der Waals surface area contributed by atoms with E-state index in [2.05, 4.69) is 5.10 Å². The normalized spacial score (nSPS) is 10.5. The van der Waals surface area contributed by atoms with Crippen LogP contribution in [0.25, 0.3) is 11.3 Å². The van der Waals surface area contributed by atoms with Gasteiger partial charge in [-0.05, 0) is 31.2 Å². The predicted octanol–water partition coefficient (Wildman–Crippen LogP) is 1.98. The molecule has 0 aliphatic rings. The summed E-state index contributed by atoms with van der Waals surface area (Å²) in [6, 6.07) is 6.67. The van der Waals surface area contributed by atoms with Crippen molar-refractivity contribution in [3.8, 4) is 22.8 Å². The van der Waals surface area contributed by atoms with Gasteiger partial charge in [-0.2, -0.15) is 5.10 Å². The van der Waals surface area contributed by atoms with E-state index in [4.69, 9.17) is 5.11 Å². The maximum absolute atomic E-state index is 9.64. The second-order valence-corrected chi connectivity index (χ2v) is 3.24. The van der Waals surface area contributed by atoms with Gasteiger partial charge < -0.3 is 10.2 Å². The van der Waals surface area contributed by atoms with Crippen molar-refractivity contribution in [2.45, 2.75) is 13.5 Å². The number of phenolic OH excluding ortho intramolecular Hbond substituents is 1. The summed E-state index contributed by atoms with van der Waals surface area (Å²) in [4.78, 5) is 0. The van der Waals surface area contributed by atoms with Crippen LogP contribution in [0.15, 0.2) is 30.5 Å². The number of nitrogens with zero attached hydrogens (tertiary/aromatic N) is 2. The first-order valence-corrected chi connectivity index (χ1v) is 4.76. The minimum absolute atomic E-state index is 0.155. The quantitative estimate of drug-likeness (QED) is 0.786. The Hall–Kier alpha value is -1.97. The van der Waals surface area contributed by atoms with Gasteiger partial charge in [0.05, 0.1) is 6.20 Å². The van der Waals surface area contributed by atoms with Crippen molar-refractivity contribution in [2.75, 3.05) is 0 Å². The Morgan fingerprint density at radius 1 is 1.20 bits per heavy atom. The van der Waals surface area contributed by atoms with E-state index >= 15 is 0 Å². The van der Waals surface area contributed by atoms with E-state index in [-0.39, 0.29) is 11.5 Å². The van der Waals surface area contributed by atoms with E-state index < -0.39 is 0 Å². The number of benzene rings is 1. The van der Waals surface area contributed by atoms with Gasteiger partial charge in [0.25, 0.3) is 0 Å². The molecule has 2 N–H and O–H groups in total. The highest BCUT2D eigenvalue weighted by Crippen LogP contribution is 2.29. The fourth-order valence-electron chi connectivity index (χ4n) is 1.53. The van der Waals surface area contributed by atoms with Crippen molar-refractivity contribution >= 4 is 0 Å². The zero-order valence-electron chi connectivity index (χ0n) is 8.38. The Morgan fingerprint density at radius 3 is 2.47 bits per heavy atom. The predicted molar refractivity (Wildman–Crippen MR) is 56.7 cm³/mol. The van der Waals surface area contributed by atoms with Gasteiger partial charge in [-0.1, -0.05) is 0 Å². The summed E-state index contributed by atoms with van der Waals surface area (Å²) in [7, 11) is 0. The van der Waals surface area contributed by atoms with Gasteiger partial charge in [0.15, 0.2) is 5.75 Å². The first-order valence-electron chi connectivity index (χ1n) is 4.76. The molecule has 0 unspecified atom stereocenters. The zero-order chi connectivity index (χ0) is 10.8. The number of aryl methyl sites for hydroxylation is 1. The van der Waals surface area contributed by atoms with Crippen LogP contribution < -0.4 is 0 Å². The average Bonchev–Trinajstić information content (AvgIpc) is 2.61. The van der Waals surface area contributed by atoms with Gasteiger partial charge in [0.1, 0.15) is 11.4 Å². The van der Waals surface area contributed by atoms with Gasteiger partial charge in [-0.25, -0.2) is 0 Å². The Bertz CT molecular complexity index is 460. The van der Waals surface area contributed by atoms with E-state index in [1.807, 2.05) is 6.92 Å². The molecule has 0 amide bonds. The van der Waals surface area contributed by atoms with Gasteiger partial charge in [0, 0.05) is 12.1 Å². The maximum Gasteiger partial charge on any atom is 0.161 e. The molecule has 78 valence electrons. The topological polar surface area (TPSA) is 58.3 Å². The highest BCUT2D eigenvalue weighted by atomic mass is 16.3. The number of aromatic hydroxyl groups is 2. The summed E-state index contributed by atoms with van der Waals surface area (Å²) >= 11 is 0. The van der Waals surface area contributed by atoms with Gasteiger partial charge in [-0.15, -0.1) is 0 Å². The Labute approximate surface area is 87.4 Å². The fourth-order valence-corrected chi connectivity index (χ4v) is 1.53. The molecule has 2 aromatic rings. The van der Waals surface area contributed by atoms with Crippen LogP contribution in [0.2, 0.25) is 0 Å². The summed E-state index contributed by atoms with van der Waals surface area (Å²) in [6.07, 6.45) is 1.42. The molecule has 1 heterocycles. The Balaban J connectivity index is 2.52. The largest absolute Gasteiger partial charge is 0.508 e. The van der Waals surface area contributed by atoms with Crippen LogP contribution >= 0.6 is 0 Å². The standard InChI is InChI=1S/C11H12N2O2/c1-2-13-11(10(15)7-12-13)8-3-5-9(14)6-4-8/h3-7,14-15H,2H2,1H3. The second-order valence-electron chi connectivity index (χ2n) is 3.24. The monoisotopic (exact) mass is 204 g/mol. The summed E-state index contributed by atoms with van der Waals surface area (Å²) < 4.78 is 1.71. The van der Waals surface area contributed by atoms with Crippen molar-refractivity contribution in [2.24, 2.45) is 0 Å². The lowest BCUT2D eigenvalue weighted by Crippen LogP contribution is -1.98. The minimum atomic E-state index is 0.155. The molecule has 1 aromatic carbocycles. The molecular weight excluding hydrogens is 192 g/mol. The third kappa shape index (κ3) is 1.66. The molecule has 0 fully saturated rings. The van der Waals surface area contributed by atoms with E-state index in [1.54, 1.807) is 28.9 Å². The molecule has 0 saturated carbocycles. The number of rotatable bonds is 2. The molecule has 0 saturated heterocycles. The van der Waals surface area contributed by atoms with Crippen LogP contribution in [0.5, 0.6) is 11.5 Å². The van der Waals surface area contributed by atoms with Crippen molar-refractivity contribution in [3.63, 3.8) is 0 Å². The molecule has 4 heteroatoms. The number of hydrogen-bond donors (Lipinski definition) is 2. The first-order chi connectivity index (χ1) is 7.22. The maximum atomic E-state index is 9.64. The molecule has 1 aromatic heterocycles. The lowest BCUT2D eigenvalue weighted by atomic mass is 10.1. The molecule has 0 bridgehead atoms. The lowest BCUT2D eigenvalue weighted by molar-refractivity contribution is 0.473. The molecule has 0 aliphatic heterocycles. The van der Waals surface area contributed by atoms with E-state index in [9.17, 15) is 5.11 Å². The Morgan fingerprint density at radius 2 is 1.87 bits per heavy atom. The van der Waals surface area contributed by atoms with Crippen LogP contribution in [-0.2, 0) is 6.54 Å². The van der Waals surface area contributed by atoms with Crippen molar-refractivity contribution < 1.29 is 10.2 Å². The van der Waals surface area contributed by atoms with Crippen LogP contribution in [0.1, 0.15) is 6.92 Å². The summed E-state index contributed by atoms with van der Waals surface area (Å²) in [5, 5.41) is 22.8. The van der Waals surface area contributed by atoms with Crippen LogP contribution in [0, 0.1) is 0 Å². The molecule has 0 aliphatic carbocycles. The fraction of sp³-hybridized carbons (Fsp3) is 0.182. The Kier molecular flexibility index (Phi) is 2.33. The van der Waals surface area contributed by atoms with Crippen molar-refractivity contribution in [1.82, 2.24) is 9.78 Å². The highest BCUT2D eigenvalue weighted by molar-refractivity contribution is 5.66. The summed E-state index contributed by atoms with van der Waals surface area (Å²) in [6.45, 7) is 2.65. The highest BCUT2D eigenvalue weighted by Gasteiger charge is 2.10. The third-order valence-electron chi connectivity index (χ3n) is 2.26.